The van der Waals surface area contributed by atoms with Crippen LogP contribution in [-0.2, 0) is 5.33 Å². The summed E-state index contributed by atoms with van der Waals surface area (Å²) in [6, 6.07) is 11.7. The van der Waals surface area contributed by atoms with Crippen LogP contribution < -0.4 is 5.32 Å². The van der Waals surface area contributed by atoms with Gasteiger partial charge in [0, 0.05) is 15.5 Å². The molecule has 0 fully saturated rings. The molecular formula is C14H10Br2FNO. The maximum Gasteiger partial charge on any atom is 0.258 e. The van der Waals surface area contributed by atoms with Crippen molar-refractivity contribution >= 4 is 43.5 Å². The summed E-state index contributed by atoms with van der Waals surface area (Å²) in [7, 11) is 0. The molecule has 0 aliphatic rings. The third-order valence-corrected chi connectivity index (χ3v) is 3.66. The molecule has 0 bridgehead atoms. The Morgan fingerprint density at radius 1 is 1.21 bits per heavy atom. The molecule has 0 aliphatic heterocycles. The lowest BCUT2D eigenvalue weighted by atomic mass is 10.2. The number of carbonyl (C=O) groups is 1. The zero-order chi connectivity index (χ0) is 13.8. The molecule has 2 aromatic carbocycles. The Balaban J connectivity index is 2.20. The second-order valence-electron chi connectivity index (χ2n) is 3.91. The molecule has 0 aromatic heterocycles. The Kier molecular flexibility index (Phi) is 4.71. The van der Waals surface area contributed by atoms with Crippen molar-refractivity contribution in [2.24, 2.45) is 0 Å². The first-order valence-corrected chi connectivity index (χ1v) is 7.43. The van der Waals surface area contributed by atoms with Crippen molar-refractivity contribution < 1.29 is 9.18 Å². The SMILES string of the molecule is O=C(Nc1cccc(CBr)c1)c1ccc(Br)cc1F. The summed E-state index contributed by atoms with van der Waals surface area (Å²) in [6.07, 6.45) is 0. The third-order valence-electron chi connectivity index (χ3n) is 2.51. The van der Waals surface area contributed by atoms with Gasteiger partial charge in [0.15, 0.2) is 0 Å². The molecule has 5 heteroatoms. The van der Waals surface area contributed by atoms with Crippen LogP contribution in [0.2, 0.25) is 0 Å². The zero-order valence-corrected chi connectivity index (χ0v) is 13.0. The van der Waals surface area contributed by atoms with Crippen molar-refractivity contribution in [3.05, 3.63) is 63.9 Å². The highest BCUT2D eigenvalue weighted by atomic mass is 79.9. The first-order valence-electron chi connectivity index (χ1n) is 5.51. The number of hydrogen-bond acceptors (Lipinski definition) is 1. The smallest absolute Gasteiger partial charge is 0.258 e. The van der Waals surface area contributed by atoms with E-state index < -0.39 is 11.7 Å². The highest BCUT2D eigenvalue weighted by molar-refractivity contribution is 9.10. The standard InChI is InChI=1S/C14H10Br2FNO/c15-8-9-2-1-3-11(6-9)18-14(19)12-5-4-10(16)7-13(12)17/h1-7H,8H2,(H,18,19). The fourth-order valence-corrected chi connectivity index (χ4v) is 2.29. The van der Waals surface area contributed by atoms with E-state index in [0.29, 0.717) is 15.5 Å². The highest BCUT2D eigenvalue weighted by Crippen LogP contribution is 2.18. The summed E-state index contributed by atoms with van der Waals surface area (Å²) in [5, 5.41) is 3.38. The van der Waals surface area contributed by atoms with Crippen LogP contribution >= 0.6 is 31.9 Å². The Labute approximate surface area is 127 Å². The van der Waals surface area contributed by atoms with E-state index in [1.807, 2.05) is 18.2 Å². The highest BCUT2D eigenvalue weighted by Gasteiger charge is 2.12. The van der Waals surface area contributed by atoms with Gasteiger partial charge in [-0.2, -0.15) is 0 Å². The molecular weight excluding hydrogens is 377 g/mol. The van der Waals surface area contributed by atoms with Gasteiger partial charge >= 0.3 is 0 Å². The summed E-state index contributed by atoms with van der Waals surface area (Å²) in [5.41, 5.74) is 1.70. The lowest BCUT2D eigenvalue weighted by Gasteiger charge is -2.07. The van der Waals surface area contributed by atoms with E-state index in [1.165, 1.54) is 12.1 Å². The molecule has 0 radical (unpaired) electrons. The minimum absolute atomic E-state index is 0.0208. The second-order valence-corrected chi connectivity index (χ2v) is 5.39. The Hall–Kier alpha value is -1.20. The van der Waals surface area contributed by atoms with Crippen LogP contribution in [0.1, 0.15) is 15.9 Å². The second kappa shape index (κ2) is 6.30. The quantitative estimate of drug-likeness (QED) is 0.758. The van der Waals surface area contributed by atoms with E-state index >= 15 is 0 Å². The van der Waals surface area contributed by atoms with Gasteiger partial charge in [0.25, 0.3) is 5.91 Å². The van der Waals surface area contributed by atoms with E-state index in [4.69, 9.17) is 0 Å². The number of halogens is 3. The van der Waals surface area contributed by atoms with Crippen LogP contribution in [0.25, 0.3) is 0 Å². The Morgan fingerprint density at radius 2 is 2.00 bits per heavy atom. The number of anilines is 1. The van der Waals surface area contributed by atoms with Gasteiger partial charge in [0.05, 0.1) is 5.56 Å². The Bertz CT molecular complexity index is 616. The summed E-state index contributed by atoms with van der Waals surface area (Å²) in [6.45, 7) is 0. The van der Waals surface area contributed by atoms with Gasteiger partial charge in [-0.3, -0.25) is 4.79 Å². The van der Waals surface area contributed by atoms with Crippen molar-refractivity contribution in [1.82, 2.24) is 0 Å². The molecule has 2 nitrogen and oxygen atoms in total. The molecule has 0 saturated carbocycles. The van der Waals surface area contributed by atoms with Gasteiger partial charge in [0.1, 0.15) is 5.82 Å². The topological polar surface area (TPSA) is 29.1 Å². The van der Waals surface area contributed by atoms with Crippen LogP contribution in [-0.4, -0.2) is 5.91 Å². The maximum absolute atomic E-state index is 13.7. The lowest BCUT2D eigenvalue weighted by molar-refractivity contribution is 0.102. The van der Waals surface area contributed by atoms with Crippen molar-refractivity contribution in [2.75, 3.05) is 5.32 Å². The van der Waals surface area contributed by atoms with Crippen LogP contribution in [0.5, 0.6) is 0 Å². The van der Waals surface area contributed by atoms with Crippen molar-refractivity contribution in [2.45, 2.75) is 5.33 Å². The number of nitrogens with one attached hydrogen (secondary N) is 1. The predicted octanol–water partition coefficient (Wildman–Crippen LogP) is 4.74. The molecule has 0 unspecified atom stereocenters. The van der Waals surface area contributed by atoms with Gasteiger partial charge in [-0.15, -0.1) is 0 Å². The fourth-order valence-electron chi connectivity index (χ4n) is 1.60. The van der Waals surface area contributed by atoms with Gasteiger partial charge in [-0.1, -0.05) is 44.0 Å². The monoisotopic (exact) mass is 385 g/mol. The van der Waals surface area contributed by atoms with Crippen molar-refractivity contribution in [1.29, 1.82) is 0 Å². The van der Waals surface area contributed by atoms with Crippen LogP contribution in [0.4, 0.5) is 10.1 Å². The fraction of sp³-hybridized carbons (Fsp3) is 0.0714. The average molecular weight is 387 g/mol. The minimum Gasteiger partial charge on any atom is -0.322 e. The predicted molar refractivity (Wildman–Crippen MR) is 81.1 cm³/mol. The van der Waals surface area contributed by atoms with Crippen LogP contribution in [0, 0.1) is 5.82 Å². The van der Waals surface area contributed by atoms with Crippen LogP contribution in [0.15, 0.2) is 46.9 Å². The molecule has 0 aliphatic carbocycles. The number of rotatable bonds is 3. The average Bonchev–Trinajstić information content (AvgIpc) is 2.38. The third kappa shape index (κ3) is 3.64. The van der Waals surface area contributed by atoms with Crippen LogP contribution in [0.3, 0.4) is 0 Å². The normalized spacial score (nSPS) is 10.3. The van der Waals surface area contributed by atoms with Gasteiger partial charge in [-0.25, -0.2) is 4.39 Å². The zero-order valence-electron chi connectivity index (χ0n) is 9.79. The van der Waals surface area contributed by atoms with Gasteiger partial charge in [-0.05, 0) is 35.9 Å². The molecule has 1 N–H and O–H groups in total. The number of amides is 1. The van der Waals surface area contributed by atoms with E-state index in [-0.39, 0.29) is 5.56 Å². The van der Waals surface area contributed by atoms with Crippen molar-refractivity contribution in [3.63, 3.8) is 0 Å². The van der Waals surface area contributed by atoms with E-state index in [2.05, 4.69) is 37.2 Å². The first kappa shape index (κ1) is 14.2. The molecule has 0 heterocycles. The molecule has 2 rings (SSSR count). The van der Waals surface area contributed by atoms with E-state index in [1.54, 1.807) is 12.1 Å². The van der Waals surface area contributed by atoms with Gasteiger partial charge in [0.2, 0.25) is 0 Å². The largest absolute Gasteiger partial charge is 0.322 e. The number of carbonyl (C=O) groups excluding carboxylic acids is 1. The number of alkyl halides is 1. The molecule has 19 heavy (non-hydrogen) atoms. The minimum atomic E-state index is -0.552. The van der Waals surface area contributed by atoms with Gasteiger partial charge < -0.3 is 5.32 Å². The molecule has 0 spiro atoms. The van der Waals surface area contributed by atoms with E-state index in [0.717, 1.165) is 5.56 Å². The molecule has 98 valence electrons. The summed E-state index contributed by atoms with van der Waals surface area (Å²) in [5.74, 6) is -1.01. The number of benzene rings is 2. The molecule has 0 saturated heterocycles. The lowest BCUT2D eigenvalue weighted by Crippen LogP contribution is -2.13. The maximum atomic E-state index is 13.7. The Morgan fingerprint density at radius 3 is 2.68 bits per heavy atom. The summed E-state index contributed by atoms with van der Waals surface area (Å²) < 4.78 is 14.3. The molecule has 1 amide bonds. The number of hydrogen-bond donors (Lipinski definition) is 1. The molecule has 0 atom stereocenters. The summed E-state index contributed by atoms with van der Waals surface area (Å²) >= 11 is 6.50. The van der Waals surface area contributed by atoms with E-state index in [9.17, 15) is 9.18 Å². The molecule has 2 aromatic rings. The first-order chi connectivity index (χ1) is 9.10. The van der Waals surface area contributed by atoms with Crippen molar-refractivity contribution in [3.8, 4) is 0 Å². The summed E-state index contributed by atoms with van der Waals surface area (Å²) in [4.78, 5) is 12.0.